The zero-order valence-corrected chi connectivity index (χ0v) is 10.3. The number of rotatable bonds is 7. The molecule has 0 radical (unpaired) electrons. The van der Waals surface area contributed by atoms with E-state index in [9.17, 15) is 4.57 Å². The maximum absolute atomic E-state index is 10.5. The van der Waals surface area contributed by atoms with Crippen LogP contribution in [-0.4, -0.2) is 11.5 Å². The summed E-state index contributed by atoms with van der Waals surface area (Å²) in [7, 11) is -2.87. The van der Waals surface area contributed by atoms with Gasteiger partial charge in [0.25, 0.3) is 0 Å². The number of hydrogen-bond donors (Lipinski definition) is 1. The monoisotopic (exact) mass is 230 g/mol. The Kier molecular flexibility index (Phi) is 6.60. The maximum atomic E-state index is 10.5. The van der Waals surface area contributed by atoms with E-state index in [0.717, 1.165) is 12.8 Å². The average Bonchev–Trinajstić information content (AvgIpc) is 2.17. The van der Waals surface area contributed by atoms with Gasteiger partial charge in [0.05, 0.1) is 6.61 Å². The smallest absolute Gasteiger partial charge is 0.316 e. The Hall–Kier alpha value is -0.550. The van der Waals surface area contributed by atoms with E-state index < -0.39 is 8.25 Å². The minimum Gasteiger partial charge on any atom is -0.326 e. The predicted octanol–water partition coefficient (Wildman–Crippen LogP) is 2.63. The molecule has 0 spiro atoms. The Morgan fingerprint density at radius 3 is 2.73 bits per heavy atom. The van der Waals surface area contributed by atoms with Gasteiger partial charge in [-0.15, -0.1) is 18.9 Å². The first-order chi connectivity index (χ1) is 6.94. The molecule has 2 unspecified atom stereocenters. The second-order valence-electron chi connectivity index (χ2n) is 4.01. The molecule has 0 aliphatic heterocycles. The molecule has 4 heteroatoms. The molecule has 0 aromatic rings. The Morgan fingerprint density at radius 1 is 1.73 bits per heavy atom. The van der Waals surface area contributed by atoms with E-state index in [1.807, 2.05) is 19.9 Å². The molecule has 0 rings (SSSR count). The standard InChI is InChI=1S/C11H19O3P/c1-5-7-8-10(9-14-15(12)13)11(3,4)6-2/h2,5,10,15H,1,7-9H2,3-4H3,(H,12,13). The van der Waals surface area contributed by atoms with Crippen LogP contribution in [0.4, 0.5) is 0 Å². The highest BCUT2D eigenvalue weighted by molar-refractivity contribution is 7.32. The van der Waals surface area contributed by atoms with Crippen molar-refractivity contribution in [2.24, 2.45) is 11.3 Å². The van der Waals surface area contributed by atoms with Gasteiger partial charge in [0.15, 0.2) is 0 Å². The lowest BCUT2D eigenvalue weighted by Crippen LogP contribution is -2.25. The van der Waals surface area contributed by atoms with Gasteiger partial charge in [-0.25, -0.2) is 0 Å². The molecule has 3 nitrogen and oxygen atoms in total. The average molecular weight is 230 g/mol. The van der Waals surface area contributed by atoms with Gasteiger partial charge in [0.1, 0.15) is 0 Å². The fourth-order valence-corrected chi connectivity index (χ4v) is 1.61. The van der Waals surface area contributed by atoms with Gasteiger partial charge in [-0.2, -0.15) is 0 Å². The molecule has 0 saturated carbocycles. The van der Waals surface area contributed by atoms with Gasteiger partial charge in [-0.3, -0.25) is 4.57 Å². The van der Waals surface area contributed by atoms with E-state index in [0.29, 0.717) is 0 Å². The van der Waals surface area contributed by atoms with Crippen molar-refractivity contribution < 1.29 is 14.0 Å². The molecule has 0 aliphatic carbocycles. The van der Waals surface area contributed by atoms with Gasteiger partial charge < -0.3 is 9.42 Å². The third-order valence-electron chi connectivity index (χ3n) is 2.52. The molecular formula is C11H19O3P. The first-order valence-corrected chi connectivity index (χ1v) is 6.14. The van der Waals surface area contributed by atoms with Crippen LogP contribution in [0.2, 0.25) is 0 Å². The summed E-state index contributed by atoms with van der Waals surface area (Å²) in [4.78, 5) is 8.62. The van der Waals surface area contributed by atoms with E-state index in [2.05, 4.69) is 12.5 Å². The van der Waals surface area contributed by atoms with Crippen LogP contribution in [0.1, 0.15) is 26.7 Å². The largest absolute Gasteiger partial charge is 0.326 e. The highest BCUT2D eigenvalue weighted by atomic mass is 31.1. The van der Waals surface area contributed by atoms with Gasteiger partial charge >= 0.3 is 8.25 Å². The summed E-state index contributed by atoms with van der Waals surface area (Å²) in [6.07, 6.45) is 8.87. The summed E-state index contributed by atoms with van der Waals surface area (Å²) < 4.78 is 15.2. The highest BCUT2D eigenvalue weighted by Gasteiger charge is 2.27. The van der Waals surface area contributed by atoms with Gasteiger partial charge in [-0.1, -0.05) is 6.08 Å². The van der Waals surface area contributed by atoms with Gasteiger partial charge in [0.2, 0.25) is 0 Å². The SMILES string of the molecule is C#CC(C)(C)C(CCC=C)CO[PH](=O)O. The van der Waals surface area contributed by atoms with Crippen LogP contribution < -0.4 is 0 Å². The summed E-state index contributed by atoms with van der Waals surface area (Å²) >= 11 is 0. The zero-order chi connectivity index (χ0) is 11.9. The van der Waals surface area contributed by atoms with Crippen molar-refractivity contribution >= 4 is 8.25 Å². The lowest BCUT2D eigenvalue weighted by Gasteiger charge is -2.28. The topological polar surface area (TPSA) is 46.5 Å². The molecule has 0 saturated heterocycles. The fraction of sp³-hybridized carbons (Fsp3) is 0.636. The highest BCUT2D eigenvalue weighted by Crippen LogP contribution is 2.32. The minimum absolute atomic E-state index is 0.0709. The van der Waals surface area contributed by atoms with Crippen molar-refractivity contribution in [2.45, 2.75) is 26.7 Å². The van der Waals surface area contributed by atoms with Crippen LogP contribution in [0.15, 0.2) is 12.7 Å². The summed E-state index contributed by atoms with van der Waals surface area (Å²) in [6, 6.07) is 0. The second kappa shape index (κ2) is 6.85. The molecule has 0 aliphatic rings. The third-order valence-corrected chi connectivity index (χ3v) is 2.93. The zero-order valence-electron chi connectivity index (χ0n) is 9.32. The van der Waals surface area contributed by atoms with Gasteiger partial charge in [-0.05, 0) is 32.6 Å². The summed E-state index contributed by atoms with van der Waals surface area (Å²) in [5.41, 5.74) is -0.333. The molecule has 1 N–H and O–H groups in total. The minimum atomic E-state index is -2.87. The lowest BCUT2D eigenvalue weighted by atomic mass is 9.77. The van der Waals surface area contributed by atoms with E-state index in [-0.39, 0.29) is 17.9 Å². The van der Waals surface area contributed by atoms with Crippen LogP contribution in [-0.2, 0) is 9.09 Å². The number of terminal acetylenes is 1. The van der Waals surface area contributed by atoms with Crippen LogP contribution in [0.3, 0.4) is 0 Å². The normalized spacial score (nSPS) is 15.3. The van der Waals surface area contributed by atoms with Crippen LogP contribution in [0, 0.1) is 23.7 Å². The number of allylic oxidation sites excluding steroid dienone is 1. The molecule has 0 amide bonds. The Labute approximate surface area is 92.5 Å². The Bertz CT molecular complexity index is 265. The summed E-state index contributed by atoms with van der Waals surface area (Å²) in [5, 5.41) is 0. The second-order valence-corrected chi connectivity index (χ2v) is 4.83. The first-order valence-electron chi connectivity index (χ1n) is 4.88. The summed E-state index contributed by atoms with van der Waals surface area (Å²) in [5.74, 6) is 2.76. The van der Waals surface area contributed by atoms with Crippen molar-refractivity contribution in [3.8, 4) is 12.3 Å². The first kappa shape index (κ1) is 14.5. The molecule has 0 aromatic heterocycles. The Balaban J connectivity index is 4.37. The van der Waals surface area contributed by atoms with Crippen molar-refractivity contribution in [3.63, 3.8) is 0 Å². The molecule has 0 bridgehead atoms. The maximum Gasteiger partial charge on any atom is 0.316 e. The summed E-state index contributed by atoms with van der Waals surface area (Å²) in [6.45, 7) is 7.72. The number of hydrogen-bond acceptors (Lipinski definition) is 2. The molecule has 2 atom stereocenters. The lowest BCUT2D eigenvalue weighted by molar-refractivity contribution is 0.159. The van der Waals surface area contributed by atoms with Crippen molar-refractivity contribution in [3.05, 3.63) is 12.7 Å². The van der Waals surface area contributed by atoms with Crippen LogP contribution >= 0.6 is 8.25 Å². The van der Waals surface area contributed by atoms with E-state index in [1.54, 1.807) is 0 Å². The van der Waals surface area contributed by atoms with E-state index in [4.69, 9.17) is 15.8 Å². The van der Waals surface area contributed by atoms with Crippen molar-refractivity contribution in [1.82, 2.24) is 0 Å². The molecule has 0 heterocycles. The predicted molar refractivity (Wildman–Crippen MR) is 62.7 cm³/mol. The van der Waals surface area contributed by atoms with Crippen LogP contribution in [0.5, 0.6) is 0 Å². The molecule has 0 aromatic carbocycles. The quantitative estimate of drug-likeness (QED) is 0.415. The Morgan fingerprint density at radius 2 is 2.33 bits per heavy atom. The molecule has 0 fully saturated rings. The molecule has 86 valence electrons. The van der Waals surface area contributed by atoms with Crippen molar-refractivity contribution in [2.75, 3.05) is 6.61 Å². The van der Waals surface area contributed by atoms with Crippen molar-refractivity contribution in [1.29, 1.82) is 0 Å². The molecule has 15 heavy (non-hydrogen) atoms. The third kappa shape index (κ3) is 5.79. The van der Waals surface area contributed by atoms with Gasteiger partial charge in [0, 0.05) is 5.41 Å². The van der Waals surface area contributed by atoms with E-state index >= 15 is 0 Å². The van der Waals surface area contributed by atoms with Crippen LogP contribution in [0.25, 0.3) is 0 Å². The fourth-order valence-electron chi connectivity index (χ4n) is 1.26. The molecular weight excluding hydrogens is 211 g/mol. The van der Waals surface area contributed by atoms with E-state index in [1.165, 1.54) is 0 Å².